The summed E-state index contributed by atoms with van der Waals surface area (Å²) < 4.78 is 0. The fourth-order valence-electron chi connectivity index (χ4n) is 3.55. The normalized spacial score (nSPS) is 24.7. The molecule has 0 bridgehead atoms. The largest absolute Gasteiger partial charge is 0.293 e. The van der Waals surface area contributed by atoms with Crippen LogP contribution in [0.1, 0.15) is 50.2 Å². The number of carbonyl (C=O) groups excluding carboxylic acids is 1. The lowest BCUT2D eigenvalue weighted by Crippen LogP contribution is -2.34. The van der Waals surface area contributed by atoms with Crippen molar-refractivity contribution in [1.29, 1.82) is 5.26 Å². The molecule has 1 saturated heterocycles. The highest BCUT2D eigenvalue weighted by Crippen LogP contribution is 2.57. The van der Waals surface area contributed by atoms with Crippen molar-refractivity contribution in [2.45, 2.75) is 39.0 Å². The number of Topliss-reactive ketones (excluding diaryl/α,β-unsaturated/α-hetero) is 1. The van der Waals surface area contributed by atoms with Gasteiger partial charge < -0.3 is 0 Å². The Labute approximate surface area is 146 Å². The van der Waals surface area contributed by atoms with Gasteiger partial charge in [0.25, 0.3) is 0 Å². The summed E-state index contributed by atoms with van der Waals surface area (Å²) in [5.74, 6) is 1.32. The predicted molar refractivity (Wildman–Crippen MR) is 97.7 cm³/mol. The van der Waals surface area contributed by atoms with Crippen LogP contribution in [0.3, 0.4) is 0 Å². The van der Waals surface area contributed by atoms with Gasteiger partial charge in [0, 0.05) is 11.3 Å². The molecule has 1 aromatic rings. The SMILES string of the molecule is CC(C)c1ccc(C2=C(C#N)C(=O)C3CC4(CC4)CSC3=N2)cc1. The zero-order valence-corrected chi connectivity index (χ0v) is 14.8. The van der Waals surface area contributed by atoms with Crippen LogP contribution in [0.2, 0.25) is 0 Å². The number of nitrogens with zero attached hydrogens (tertiary/aromatic N) is 2. The van der Waals surface area contributed by atoms with Crippen LogP contribution < -0.4 is 0 Å². The molecule has 2 heterocycles. The van der Waals surface area contributed by atoms with Gasteiger partial charge in [-0.05, 0) is 36.2 Å². The van der Waals surface area contributed by atoms with E-state index >= 15 is 0 Å². The third-order valence-corrected chi connectivity index (χ3v) is 6.83. The Morgan fingerprint density at radius 2 is 2.00 bits per heavy atom. The van der Waals surface area contributed by atoms with E-state index in [2.05, 4.69) is 32.0 Å². The van der Waals surface area contributed by atoms with Gasteiger partial charge in [-0.15, -0.1) is 11.8 Å². The number of fused-ring (bicyclic) bond motifs is 1. The maximum absolute atomic E-state index is 12.9. The predicted octanol–water partition coefficient (Wildman–Crippen LogP) is 4.56. The molecule has 2 fully saturated rings. The molecule has 1 unspecified atom stereocenters. The van der Waals surface area contributed by atoms with E-state index in [9.17, 15) is 10.1 Å². The van der Waals surface area contributed by atoms with Crippen LogP contribution in [0.5, 0.6) is 0 Å². The highest BCUT2D eigenvalue weighted by molar-refractivity contribution is 8.14. The Bertz CT molecular complexity index is 807. The summed E-state index contributed by atoms with van der Waals surface area (Å²) >= 11 is 1.72. The average Bonchev–Trinajstić information content (AvgIpc) is 3.34. The van der Waals surface area contributed by atoms with Crippen molar-refractivity contribution >= 4 is 28.3 Å². The first kappa shape index (κ1) is 15.7. The van der Waals surface area contributed by atoms with Gasteiger partial charge in [0.05, 0.1) is 16.7 Å². The molecular formula is C20H20N2OS. The van der Waals surface area contributed by atoms with Crippen molar-refractivity contribution in [3.8, 4) is 6.07 Å². The van der Waals surface area contributed by atoms with E-state index < -0.39 is 0 Å². The number of allylic oxidation sites excluding steroid dienone is 1. The number of ketones is 1. The Morgan fingerprint density at radius 3 is 2.58 bits per heavy atom. The summed E-state index contributed by atoms with van der Waals surface area (Å²) in [6.45, 7) is 4.30. The summed E-state index contributed by atoms with van der Waals surface area (Å²) in [4.78, 5) is 17.7. The molecule has 3 nitrogen and oxygen atoms in total. The van der Waals surface area contributed by atoms with Crippen molar-refractivity contribution in [2.75, 3.05) is 5.75 Å². The highest BCUT2D eigenvalue weighted by atomic mass is 32.2. The molecule has 122 valence electrons. The van der Waals surface area contributed by atoms with Crippen LogP contribution >= 0.6 is 11.8 Å². The van der Waals surface area contributed by atoms with E-state index in [1.54, 1.807) is 11.8 Å². The topological polar surface area (TPSA) is 53.2 Å². The number of rotatable bonds is 2. The van der Waals surface area contributed by atoms with Crippen LogP contribution in [0.15, 0.2) is 34.8 Å². The lowest BCUT2D eigenvalue weighted by Gasteiger charge is -2.31. The molecule has 4 rings (SSSR count). The minimum Gasteiger partial charge on any atom is -0.293 e. The lowest BCUT2D eigenvalue weighted by atomic mass is 9.84. The number of aliphatic imine (C=N–C) groups is 1. The van der Waals surface area contributed by atoms with Crippen LogP contribution in [0, 0.1) is 22.7 Å². The molecule has 1 atom stereocenters. The zero-order valence-electron chi connectivity index (χ0n) is 14.0. The van der Waals surface area contributed by atoms with E-state index in [1.807, 2.05) is 12.1 Å². The number of hydrogen-bond donors (Lipinski definition) is 0. The van der Waals surface area contributed by atoms with Gasteiger partial charge in [0.2, 0.25) is 0 Å². The van der Waals surface area contributed by atoms with E-state index in [-0.39, 0.29) is 17.3 Å². The van der Waals surface area contributed by atoms with Gasteiger partial charge >= 0.3 is 0 Å². The number of hydrogen-bond acceptors (Lipinski definition) is 4. The monoisotopic (exact) mass is 336 g/mol. The third-order valence-electron chi connectivity index (χ3n) is 5.40. The summed E-state index contributed by atoms with van der Waals surface area (Å²) in [6.07, 6.45) is 3.31. The molecule has 0 radical (unpaired) electrons. The van der Waals surface area contributed by atoms with Crippen molar-refractivity contribution in [1.82, 2.24) is 0 Å². The van der Waals surface area contributed by atoms with Crippen molar-refractivity contribution in [3.05, 3.63) is 41.0 Å². The van der Waals surface area contributed by atoms with Crippen LogP contribution in [0.4, 0.5) is 0 Å². The number of nitriles is 1. The molecule has 1 saturated carbocycles. The minimum absolute atomic E-state index is 0.0242. The van der Waals surface area contributed by atoms with Crippen molar-refractivity contribution in [3.63, 3.8) is 0 Å². The molecule has 1 spiro atoms. The summed E-state index contributed by atoms with van der Waals surface area (Å²) in [5, 5.41) is 10.5. The van der Waals surface area contributed by atoms with Crippen LogP contribution in [-0.4, -0.2) is 16.6 Å². The van der Waals surface area contributed by atoms with Gasteiger partial charge in [0.15, 0.2) is 5.78 Å². The van der Waals surface area contributed by atoms with Crippen molar-refractivity contribution < 1.29 is 4.79 Å². The second kappa shape index (κ2) is 5.60. The minimum atomic E-state index is -0.181. The van der Waals surface area contributed by atoms with E-state index in [0.717, 1.165) is 22.8 Å². The van der Waals surface area contributed by atoms with Gasteiger partial charge in [-0.25, -0.2) is 4.99 Å². The summed E-state index contributed by atoms with van der Waals surface area (Å²) in [5.41, 5.74) is 3.25. The van der Waals surface area contributed by atoms with Gasteiger partial charge in [-0.3, -0.25) is 4.79 Å². The molecule has 24 heavy (non-hydrogen) atoms. The molecule has 1 aliphatic carbocycles. The Balaban J connectivity index is 1.73. The first-order valence-corrected chi connectivity index (χ1v) is 9.52. The lowest BCUT2D eigenvalue weighted by molar-refractivity contribution is -0.117. The molecule has 4 heteroatoms. The van der Waals surface area contributed by atoms with E-state index in [4.69, 9.17) is 4.99 Å². The van der Waals surface area contributed by atoms with Gasteiger partial charge in [0.1, 0.15) is 11.6 Å². The van der Waals surface area contributed by atoms with Crippen molar-refractivity contribution in [2.24, 2.45) is 16.3 Å². The second-order valence-electron chi connectivity index (χ2n) is 7.47. The summed E-state index contributed by atoms with van der Waals surface area (Å²) in [7, 11) is 0. The first-order chi connectivity index (χ1) is 11.5. The van der Waals surface area contributed by atoms with E-state index in [0.29, 0.717) is 17.0 Å². The molecule has 0 aromatic heterocycles. The fraction of sp³-hybridized carbons (Fsp3) is 0.450. The first-order valence-electron chi connectivity index (χ1n) is 8.53. The number of carbonyl (C=O) groups is 1. The van der Waals surface area contributed by atoms with Crippen LogP contribution in [0.25, 0.3) is 5.70 Å². The number of benzene rings is 1. The maximum atomic E-state index is 12.9. The maximum Gasteiger partial charge on any atom is 0.185 e. The molecule has 1 aromatic carbocycles. The third kappa shape index (κ3) is 2.52. The molecule has 3 aliphatic rings. The molecule has 2 aliphatic heterocycles. The fourth-order valence-corrected chi connectivity index (χ4v) is 4.95. The molecule has 0 amide bonds. The second-order valence-corrected chi connectivity index (χ2v) is 8.47. The molecular weight excluding hydrogens is 316 g/mol. The summed E-state index contributed by atoms with van der Waals surface area (Å²) in [6, 6.07) is 10.2. The van der Waals surface area contributed by atoms with Gasteiger partial charge in [-0.2, -0.15) is 5.26 Å². The Morgan fingerprint density at radius 1 is 1.29 bits per heavy atom. The Kier molecular flexibility index (Phi) is 3.65. The van der Waals surface area contributed by atoms with E-state index in [1.165, 1.54) is 18.4 Å². The average molecular weight is 336 g/mol. The standard InChI is InChI=1S/C20H20N2OS/c1-12(2)13-3-5-14(6-4-13)17-16(10-21)18(23)15-9-20(7-8-20)11-24-19(15)22-17/h3-6,12,15H,7-9,11H2,1-2H3. The van der Waals surface area contributed by atoms with Crippen LogP contribution in [-0.2, 0) is 4.79 Å². The van der Waals surface area contributed by atoms with Gasteiger partial charge in [-0.1, -0.05) is 38.1 Å². The zero-order chi connectivity index (χ0) is 16.9. The Hall–Kier alpha value is -1.86. The quantitative estimate of drug-likeness (QED) is 0.795. The molecule has 0 N–H and O–H groups in total. The highest BCUT2D eigenvalue weighted by Gasteiger charge is 2.51. The number of thioether (sulfide) groups is 1. The smallest absolute Gasteiger partial charge is 0.185 e.